The van der Waals surface area contributed by atoms with Gasteiger partial charge >= 0.3 is 0 Å². The highest BCUT2D eigenvalue weighted by Gasteiger charge is 2.14. The van der Waals surface area contributed by atoms with Crippen LogP contribution in [0.3, 0.4) is 0 Å². The molecule has 0 heterocycles. The second-order valence-electron chi connectivity index (χ2n) is 4.49. The summed E-state index contributed by atoms with van der Waals surface area (Å²) in [6, 6.07) is 4.85. The Hall–Kier alpha value is -1.55. The number of rotatable bonds is 4. The van der Waals surface area contributed by atoms with Crippen LogP contribution in [0.5, 0.6) is 5.75 Å². The first-order valence-electron chi connectivity index (χ1n) is 5.72. The summed E-state index contributed by atoms with van der Waals surface area (Å²) in [5.74, 6) is 0.139. The molecule has 1 amide bonds. The molecule has 0 radical (unpaired) electrons. The molecule has 1 aromatic carbocycles. The zero-order valence-electron chi connectivity index (χ0n) is 10.6. The molecule has 0 saturated carbocycles. The molecule has 3 N–H and O–H groups in total. The van der Waals surface area contributed by atoms with Crippen molar-refractivity contribution in [2.75, 3.05) is 13.6 Å². The van der Waals surface area contributed by atoms with Crippen molar-refractivity contribution in [3.05, 3.63) is 29.3 Å². The molecular formula is C13H20N2O2. The van der Waals surface area contributed by atoms with Gasteiger partial charge in [0.05, 0.1) is 0 Å². The number of carbonyl (C=O) groups excluding carboxylic acids is 1. The van der Waals surface area contributed by atoms with E-state index in [1.54, 1.807) is 24.1 Å². The summed E-state index contributed by atoms with van der Waals surface area (Å²) in [6.07, 6.45) is 0.777. The molecule has 1 atom stereocenters. The number of phenols is 1. The van der Waals surface area contributed by atoms with Crippen LogP contribution in [-0.2, 0) is 0 Å². The predicted molar refractivity (Wildman–Crippen MR) is 68.1 cm³/mol. The molecule has 94 valence electrons. The van der Waals surface area contributed by atoms with Crippen LogP contribution in [0.25, 0.3) is 0 Å². The van der Waals surface area contributed by atoms with Crippen LogP contribution in [0.2, 0.25) is 0 Å². The largest absolute Gasteiger partial charge is 0.508 e. The highest BCUT2D eigenvalue weighted by Crippen LogP contribution is 2.17. The Morgan fingerprint density at radius 3 is 2.71 bits per heavy atom. The fraction of sp³-hybridized carbons (Fsp3) is 0.462. The van der Waals surface area contributed by atoms with Crippen LogP contribution in [0.1, 0.15) is 29.3 Å². The Morgan fingerprint density at radius 2 is 2.18 bits per heavy atom. The summed E-state index contributed by atoms with van der Waals surface area (Å²) in [7, 11) is 1.76. The van der Waals surface area contributed by atoms with Crippen molar-refractivity contribution >= 4 is 5.91 Å². The molecule has 1 rings (SSSR count). The van der Waals surface area contributed by atoms with Crippen molar-refractivity contribution in [2.24, 2.45) is 5.73 Å². The molecule has 0 spiro atoms. The van der Waals surface area contributed by atoms with Crippen molar-refractivity contribution < 1.29 is 9.90 Å². The first kappa shape index (κ1) is 13.5. The number of aryl methyl sites for hydroxylation is 1. The zero-order valence-corrected chi connectivity index (χ0v) is 10.6. The Bertz CT molecular complexity index is 402. The molecule has 4 nitrogen and oxygen atoms in total. The van der Waals surface area contributed by atoms with Crippen LogP contribution in [0, 0.1) is 6.92 Å². The van der Waals surface area contributed by atoms with Crippen molar-refractivity contribution in [1.29, 1.82) is 0 Å². The molecule has 4 heteroatoms. The summed E-state index contributed by atoms with van der Waals surface area (Å²) >= 11 is 0. The zero-order chi connectivity index (χ0) is 13.0. The summed E-state index contributed by atoms with van der Waals surface area (Å²) < 4.78 is 0. The van der Waals surface area contributed by atoms with Crippen molar-refractivity contribution in [1.82, 2.24) is 4.90 Å². The molecule has 0 aromatic heterocycles. The van der Waals surface area contributed by atoms with Crippen molar-refractivity contribution in [3.8, 4) is 5.75 Å². The third-order valence-corrected chi connectivity index (χ3v) is 2.71. The van der Waals surface area contributed by atoms with Gasteiger partial charge in [-0.2, -0.15) is 0 Å². The fourth-order valence-corrected chi connectivity index (χ4v) is 1.59. The normalized spacial score (nSPS) is 12.2. The summed E-state index contributed by atoms with van der Waals surface area (Å²) in [5.41, 5.74) is 7.06. The number of carbonyl (C=O) groups is 1. The monoisotopic (exact) mass is 236 g/mol. The number of phenolic OH excluding ortho intramolecular Hbond substituents is 1. The highest BCUT2D eigenvalue weighted by molar-refractivity contribution is 5.95. The Morgan fingerprint density at radius 1 is 1.53 bits per heavy atom. The number of nitrogens with zero attached hydrogens (tertiary/aromatic N) is 1. The van der Waals surface area contributed by atoms with E-state index < -0.39 is 0 Å². The van der Waals surface area contributed by atoms with Crippen LogP contribution in [0.4, 0.5) is 0 Å². The van der Waals surface area contributed by atoms with Gasteiger partial charge in [0.15, 0.2) is 0 Å². The van der Waals surface area contributed by atoms with E-state index >= 15 is 0 Å². The number of benzene rings is 1. The second kappa shape index (κ2) is 5.68. The molecule has 0 fully saturated rings. The van der Waals surface area contributed by atoms with Gasteiger partial charge in [0.1, 0.15) is 5.75 Å². The number of aromatic hydroxyl groups is 1. The van der Waals surface area contributed by atoms with E-state index in [0.29, 0.717) is 12.1 Å². The van der Waals surface area contributed by atoms with Gasteiger partial charge in [-0.1, -0.05) is 0 Å². The van der Waals surface area contributed by atoms with E-state index in [9.17, 15) is 9.90 Å². The minimum absolute atomic E-state index is 0.0387. The van der Waals surface area contributed by atoms with Crippen molar-refractivity contribution in [2.45, 2.75) is 26.3 Å². The fourth-order valence-electron chi connectivity index (χ4n) is 1.59. The highest BCUT2D eigenvalue weighted by atomic mass is 16.3. The maximum Gasteiger partial charge on any atom is 0.253 e. The molecule has 17 heavy (non-hydrogen) atoms. The Kier molecular flexibility index (Phi) is 4.52. The first-order valence-corrected chi connectivity index (χ1v) is 5.72. The summed E-state index contributed by atoms with van der Waals surface area (Å²) in [4.78, 5) is 13.7. The number of hydrogen-bond donors (Lipinski definition) is 2. The SMILES string of the molecule is Cc1cc(O)ccc1C(=O)N(C)CCC(C)N. The van der Waals surface area contributed by atoms with Crippen LogP contribution < -0.4 is 5.73 Å². The minimum atomic E-state index is -0.0387. The number of amides is 1. The van der Waals surface area contributed by atoms with Gasteiger partial charge in [-0.05, 0) is 44.0 Å². The van der Waals surface area contributed by atoms with Gasteiger partial charge in [-0.15, -0.1) is 0 Å². The van der Waals surface area contributed by atoms with E-state index in [2.05, 4.69) is 0 Å². The van der Waals surface area contributed by atoms with Gasteiger partial charge in [0, 0.05) is 25.2 Å². The van der Waals surface area contributed by atoms with Crippen molar-refractivity contribution in [3.63, 3.8) is 0 Å². The average molecular weight is 236 g/mol. The van der Waals surface area contributed by atoms with Crippen LogP contribution in [-0.4, -0.2) is 35.5 Å². The average Bonchev–Trinajstić information content (AvgIpc) is 2.25. The molecule has 0 aliphatic carbocycles. The maximum absolute atomic E-state index is 12.1. The lowest BCUT2D eigenvalue weighted by Gasteiger charge is -2.19. The van der Waals surface area contributed by atoms with Gasteiger partial charge in [0.2, 0.25) is 0 Å². The van der Waals surface area contributed by atoms with E-state index in [4.69, 9.17) is 5.73 Å². The molecular weight excluding hydrogens is 216 g/mol. The molecule has 0 bridgehead atoms. The minimum Gasteiger partial charge on any atom is -0.508 e. The second-order valence-corrected chi connectivity index (χ2v) is 4.49. The first-order chi connectivity index (χ1) is 7.91. The van der Waals surface area contributed by atoms with E-state index in [0.717, 1.165) is 12.0 Å². The molecule has 0 saturated heterocycles. The van der Waals surface area contributed by atoms with Crippen LogP contribution >= 0.6 is 0 Å². The topological polar surface area (TPSA) is 66.6 Å². The van der Waals surface area contributed by atoms with E-state index in [-0.39, 0.29) is 17.7 Å². The number of hydrogen-bond acceptors (Lipinski definition) is 3. The van der Waals surface area contributed by atoms with Gasteiger partial charge < -0.3 is 15.7 Å². The molecule has 1 aromatic rings. The third-order valence-electron chi connectivity index (χ3n) is 2.71. The molecule has 0 aliphatic heterocycles. The van der Waals surface area contributed by atoms with Crippen LogP contribution in [0.15, 0.2) is 18.2 Å². The van der Waals surface area contributed by atoms with Gasteiger partial charge in [-0.3, -0.25) is 4.79 Å². The molecule has 1 unspecified atom stereocenters. The summed E-state index contributed by atoms with van der Waals surface area (Å²) in [6.45, 7) is 4.37. The lowest BCUT2D eigenvalue weighted by atomic mass is 10.1. The van der Waals surface area contributed by atoms with E-state index in [1.807, 2.05) is 13.8 Å². The standard InChI is InChI=1S/C13H20N2O2/c1-9-8-11(16)4-5-12(9)13(17)15(3)7-6-10(2)14/h4-5,8,10,16H,6-7,14H2,1-3H3. The third kappa shape index (κ3) is 3.75. The quantitative estimate of drug-likeness (QED) is 0.832. The lowest BCUT2D eigenvalue weighted by molar-refractivity contribution is 0.0791. The van der Waals surface area contributed by atoms with E-state index in [1.165, 1.54) is 6.07 Å². The predicted octanol–water partition coefficient (Wildman–Crippen LogP) is 1.51. The molecule has 0 aliphatic rings. The summed E-state index contributed by atoms with van der Waals surface area (Å²) in [5, 5.41) is 9.29. The van der Waals surface area contributed by atoms with Gasteiger partial charge in [0.25, 0.3) is 5.91 Å². The number of nitrogens with two attached hydrogens (primary N) is 1. The Balaban J connectivity index is 2.75. The Labute approximate surface area is 102 Å². The maximum atomic E-state index is 12.1. The smallest absolute Gasteiger partial charge is 0.253 e. The lowest BCUT2D eigenvalue weighted by Crippen LogP contribution is -2.31. The van der Waals surface area contributed by atoms with Gasteiger partial charge in [-0.25, -0.2) is 0 Å².